The van der Waals surface area contributed by atoms with Gasteiger partial charge < -0.3 is 10.4 Å². The van der Waals surface area contributed by atoms with Crippen LogP contribution in [0.5, 0.6) is 0 Å². The Labute approximate surface area is 128 Å². The molecule has 0 aromatic carbocycles. The number of hydrogen-bond acceptors (Lipinski definition) is 4. The molecular formula is C15H22N2O3S. The number of carbonyl (C=O) groups is 2. The van der Waals surface area contributed by atoms with Gasteiger partial charge in [-0.1, -0.05) is 0 Å². The predicted octanol–water partition coefficient (Wildman–Crippen LogP) is 2.63. The third-order valence-corrected chi connectivity index (χ3v) is 5.00. The van der Waals surface area contributed by atoms with E-state index < -0.39 is 11.4 Å². The van der Waals surface area contributed by atoms with Crippen LogP contribution in [0.1, 0.15) is 53.5 Å². The minimum absolute atomic E-state index is 0.145. The van der Waals surface area contributed by atoms with E-state index >= 15 is 0 Å². The molecule has 1 fully saturated rings. The molecule has 0 atom stereocenters. The number of aliphatic carboxylic acids is 1. The van der Waals surface area contributed by atoms with Crippen molar-refractivity contribution < 1.29 is 14.7 Å². The molecule has 1 heterocycles. The van der Waals surface area contributed by atoms with Gasteiger partial charge in [0.25, 0.3) is 5.91 Å². The quantitative estimate of drug-likeness (QED) is 0.811. The summed E-state index contributed by atoms with van der Waals surface area (Å²) in [4.78, 5) is 28.3. The van der Waals surface area contributed by atoms with E-state index in [4.69, 9.17) is 5.11 Å². The molecule has 21 heavy (non-hydrogen) atoms. The van der Waals surface area contributed by atoms with Gasteiger partial charge in [0.2, 0.25) is 0 Å². The Morgan fingerprint density at radius 2 is 2.10 bits per heavy atom. The van der Waals surface area contributed by atoms with Crippen LogP contribution in [0.4, 0.5) is 0 Å². The first-order chi connectivity index (χ1) is 9.79. The van der Waals surface area contributed by atoms with E-state index in [9.17, 15) is 9.59 Å². The average Bonchev–Trinajstić information content (AvgIpc) is 3.11. The molecule has 1 aromatic rings. The van der Waals surface area contributed by atoms with E-state index in [1.165, 1.54) is 24.2 Å². The SMILES string of the molecule is Cc1nc(CC2CC2)sc1C(=O)NCCC(C)(C)C(=O)O. The molecule has 6 heteroatoms. The zero-order valence-corrected chi connectivity index (χ0v) is 13.5. The Balaban J connectivity index is 1.88. The van der Waals surface area contributed by atoms with Crippen molar-refractivity contribution in [2.45, 2.75) is 46.5 Å². The molecule has 0 saturated heterocycles. The molecule has 2 N–H and O–H groups in total. The Morgan fingerprint density at radius 3 is 2.67 bits per heavy atom. The van der Waals surface area contributed by atoms with E-state index in [0.717, 1.165) is 23.0 Å². The fourth-order valence-corrected chi connectivity index (χ4v) is 3.09. The lowest BCUT2D eigenvalue weighted by Gasteiger charge is -2.18. The van der Waals surface area contributed by atoms with Crippen molar-refractivity contribution >= 4 is 23.2 Å². The molecule has 5 nitrogen and oxygen atoms in total. The number of carboxylic acid groups (broad SMARTS) is 1. The molecule has 1 aliphatic rings. The second kappa shape index (κ2) is 6.13. The number of carbonyl (C=O) groups excluding carboxylic acids is 1. The summed E-state index contributed by atoms with van der Waals surface area (Å²) in [5.74, 6) is -0.242. The lowest BCUT2D eigenvalue weighted by atomic mass is 9.90. The molecule has 116 valence electrons. The minimum atomic E-state index is -0.850. The van der Waals surface area contributed by atoms with Gasteiger partial charge >= 0.3 is 5.97 Å². The lowest BCUT2D eigenvalue weighted by molar-refractivity contribution is -0.147. The van der Waals surface area contributed by atoms with Crippen LogP contribution in [0.15, 0.2) is 0 Å². The Bertz CT molecular complexity index is 547. The summed E-state index contributed by atoms with van der Waals surface area (Å²) in [6.45, 7) is 5.52. The Morgan fingerprint density at radius 1 is 1.43 bits per heavy atom. The van der Waals surface area contributed by atoms with Crippen molar-refractivity contribution in [3.63, 3.8) is 0 Å². The molecule has 1 aromatic heterocycles. The second-order valence-corrected chi connectivity index (χ2v) is 7.45. The van der Waals surface area contributed by atoms with Gasteiger partial charge in [-0.2, -0.15) is 0 Å². The zero-order chi connectivity index (χ0) is 15.6. The standard InChI is InChI=1S/C15H22N2O3S/c1-9-12(21-11(17-9)8-10-4-5-10)13(18)16-7-6-15(2,3)14(19)20/h10H,4-8H2,1-3H3,(H,16,18)(H,19,20). The molecule has 0 spiro atoms. The van der Waals surface area contributed by atoms with Crippen LogP contribution in [-0.4, -0.2) is 28.5 Å². The summed E-state index contributed by atoms with van der Waals surface area (Å²) in [5, 5.41) is 12.9. The highest BCUT2D eigenvalue weighted by Gasteiger charge is 2.27. The summed E-state index contributed by atoms with van der Waals surface area (Å²) in [7, 11) is 0. The van der Waals surface area contributed by atoms with Gasteiger partial charge in [0.05, 0.1) is 16.1 Å². The third-order valence-electron chi connectivity index (χ3n) is 3.82. The van der Waals surface area contributed by atoms with Crippen molar-refractivity contribution in [3.8, 4) is 0 Å². The molecule has 0 unspecified atom stereocenters. The van der Waals surface area contributed by atoms with Crippen LogP contribution in [0.3, 0.4) is 0 Å². The number of nitrogens with one attached hydrogen (secondary N) is 1. The van der Waals surface area contributed by atoms with Crippen LogP contribution in [-0.2, 0) is 11.2 Å². The van der Waals surface area contributed by atoms with Gasteiger partial charge in [0.1, 0.15) is 4.88 Å². The van der Waals surface area contributed by atoms with E-state index in [-0.39, 0.29) is 5.91 Å². The van der Waals surface area contributed by atoms with E-state index in [2.05, 4.69) is 10.3 Å². The van der Waals surface area contributed by atoms with Gasteiger partial charge in [-0.25, -0.2) is 4.98 Å². The first-order valence-corrected chi connectivity index (χ1v) is 8.09. The molecule has 0 bridgehead atoms. The summed E-state index contributed by atoms with van der Waals surface area (Å²) in [5.41, 5.74) is -0.0571. The van der Waals surface area contributed by atoms with E-state index in [1.807, 2.05) is 6.92 Å². The maximum Gasteiger partial charge on any atom is 0.309 e. The highest BCUT2D eigenvalue weighted by atomic mass is 32.1. The third kappa shape index (κ3) is 4.27. The smallest absolute Gasteiger partial charge is 0.309 e. The number of rotatable bonds is 7. The monoisotopic (exact) mass is 310 g/mol. The van der Waals surface area contributed by atoms with Crippen molar-refractivity contribution in [2.75, 3.05) is 6.54 Å². The van der Waals surface area contributed by atoms with Gasteiger partial charge in [-0.05, 0) is 46.0 Å². The number of aromatic nitrogens is 1. The van der Waals surface area contributed by atoms with Crippen LogP contribution >= 0.6 is 11.3 Å². The van der Waals surface area contributed by atoms with Crippen LogP contribution in [0.2, 0.25) is 0 Å². The zero-order valence-electron chi connectivity index (χ0n) is 12.7. The first kappa shape index (κ1) is 15.9. The molecule has 0 radical (unpaired) electrons. The fraction of sp³-hybridized carbons (Fsp3) is 0.667. The number of thiazole rings is 1. The fourth-order valence-electron chi connectivity index (χ4n) is 1.99. The highest BCUT2D eigenvalue weighted by Crippen LogP contribution is 2.34. The maximum atomic E-state index is 12.1. The predicted molar refractivity (Wildman–Crippen MR) is 81.6 cm³/mol. The number of carboxylic acids is 1. The van der Waals surface area contributed by atoms with Gasteiger partial charge in [0.15, 0.2) is 0 Å². The number of amides is 1. The van der Waals surface area contributed by atoms with Gasteiger partial charge in [-0.15, -0.1) is 11.3 Å². The molecule has 0 aliphatic heterocycles. The highest BCUT2D eigenvalue weighted by molar-refractivity contribution is 7.13. The van der Waals surface area contributed by atoms with Gasteiger partial charge in [-0.3, -0.25) is 9.59 Å². The summed E-state index contributed by atoms with van der Waals surface area (Å²) in [6.07, 6.45) is 3.92. The largest absolute Gasteiger partial charge is 0.481 e. The Kier molecular flexibility index (Phi) is 4.66. The summed E-state index contributed by atoms with van der Waals surface area (Å²) >= 11 is 1.46. The van der Waals surface area contributed by atoms with Crippen molar-refractivity contribution in [2.24, 2.45) is 11.3 Å². The second-order valence-electron chi connectivity index (χ2n) is 6.36. The van der Waals surface area contributed by atoms with Crippen LogP contribution in [0.25, 0.3) is 0 Å². The number of hydrogen-bond donors (Lipinski definition) is 2. The number of aryl methyl sites for hydroxylation is 1. The van der Waals surface area contributed by atoms with E-state index in [1.54, 1.807) is 13.8 Å². The number of nitrogens with zero attached hydrogens (tertiary/aromatic N) is 1. The summed E-state index contributed by atoms with van der Waals surface area (Å²) in [6, 6.07) is 0. The van der Waals surface area contributed by atoms with Crippen LogP contribution in [0, 0.1) is 18.3 Å². The van der Waals surface area contributed by atoms with E-state index in [0.29, 0.717) is 17.8 Å². The van der Waals surface area contributed by atoms with Crippen LogP contribution < -0.4 is 5.32 Å². The van der Waals surface area contributed by atoms with Crippen molar-refractivity contribution in [1.82, 2.24) is 10.3 Å². The Hall–Kier alpha value is -1.43. The van der Waals surface area contributed by atoms with Crippen molar-refractivity contribution in [3.05, 3.63) is 15.6 Å². The molecule has 2 rings (SSSR count). The van der Waals surface area contributed by atoms with Gasteiger partial charge in [0, 0.05) is 13.0 Å². The normalized spacial score (nSPS) is 15.0. The van der Waals surface area contributed by atoms with Crippen molar-refractivity contribution in [1.29, 1.82) is 0 Å². The molecule has 1 saturated carbocycles. The first-order valence-electron chi connectivity index (χ1n) is 7.27. The molecule has 1 amide bonds. The molecule has 1 aliphatic carbocycles. The minimum Gasteiger partial charge on any atom is -0.481 e. The molecular weight excluding hydrogens is 288 g/mol. The topological polar surface area (TPSA) is 79.3 Å². The summed E-state index contributed by atoms with van der Waals surface area (Å²) < 4.78 is 0. The maximum absolute atomic E-state index is 12.1. The lowest BCUT2D eigenvalue weighted by Crippen LogP contribution is -2.31. The average molecular weight is 310 g/mol.